The summed E-state index contributed by atoms with van der Waals surface area (Å²) in [4.78, 5) is 22.7. The first-order valence-corrected chi connectivity index (χ1v) is 9.56. The number of thioether (sulfide) groups is 1. The molecule has 0 aliphatic heterocycles. The Labute approximate surface area is 161 Å². The topological polar surface area (TPSA) is 81.5 Å². The lowest BCUT2D eigenvalue weighted by Gasteiger charge is -2.08. The molecule has 0 heterocycles. The maximum absolute atomic E-state index is 12.2. The number of nitrogens with one attached hydrogen (secondary N) is 1. The molecule has 0 aromatic heterocycles. The number of benzene rings is 2. The van der Waals surface area contributed by atoms with Crippen LogP contribution in [0.5, 0.6) is 5.75 Å². The summed E-state index contributed by atoms with van der Waals surface area (Å²) in [7, 11) is 0. The normalized spacial score (nSPS) is 10.4. The molecule has 26 heavy (non-hydrogen) atoms. The quantitative estimate of drug-likeness (QED) is 0.389. The molecule has 0 atom stereocenters. The third kappa shape index (κ3) is 5.93. The molecular weight excluding hydrogens is 376 g/mol. The number of nitro benzene ring substituents is 1. The second-order valence-corrected chi connectivity index (χ2v) is 6.85. The minimum absolute atomic E-state index is 0.160. The fourth-order valence-corrected chi connectivity index (χ4v) is 3.13. The summed E-state index contributed by atoms with van der Waals surface area (Å²) in [6.45, 7) is 2.53. The van der Waals surface area contributed by atoms with Crippen molar-refractivity contribution >= 4 is 35.0 Å². The smallest absolute Gasteiger partial charge is 0.311 e. The minimum atomic E-state index is -0.552. The van der Waals surface area contributed by atoms with Crippen LogP contribution in [0.4, 0.5) is 5.69 Å². The number of hydrogen-bond donors (Lipinski definition) is 1. The van der Waals surface area contributed by atoms with Crippen molar-refractivity contribution in [2.45, 2.75) is 12.7 Å². The van der Waals surface area contributed by atoms with Gasteiger partial charge in [-0.15, -0.1) is 0 Å². The molecule has 0 radical (unpaired) electrons. The van der Waals surface area contributed by atoms with Gasteiger partial charge in [0.15, 0.2) is 5.75 Å². The zero-order chi connectivity index (χ0) is 18.9. The van der Waals surface area contributed by atoms with Gasteiger partial charge in [0.1, 0.15) is 0 Å². The van der Waals surface area contributed by atoms with Gasteiger partial charge in [-0.2, -0.15) is 11.8 Å². The molecule has 2 aromatic rings. The van der Waals surface area contributed by atoms with Gasteiger partial charge in [0.05, 0.1) is 11.5 Å². The van der Waals surface area contributed by atoms with Crippen LogP contribution in [0.25, 0.3) is 0 Å². The Morgan fingerprint density at radius 2 is 2.00 bits per heavy atom. The zero-order valence-electron chi connectivity index (χ0n) is 14.2. The van der Waals surface area contributed by atoms with Gasteiger partial charge in [0.2, 0.25) is 0 Å². The molecule has 0 fully saturated rings. The van der Waals surface area contributed by atoms with E-state index in [0.717, 1.165) is 17.1 Å². The molecule has 138 valence electrons. The molecule has 0 aliphatic carbocycles. The van der Waals surface area contributed by atoms with Gasteiger partial charge in [0.25, 0.3) is 5.91 Å². The number of nitrogens with zero attached hydrogens (tertiary/aromatic N) is 1. The van der Waals surface area contributed by atoms with E-state index in [1.807, 2.05) is 24.3 Å². The summed E-state index contributed by atoms with van der Waals surface area (Å²) in [6.07, 6.45) is 0. The Morgan fingerprint density at radius 1 is 1.27 bits per heavy atom. The average molecular weight is 395 g/mol. The third-order valence-electron chi connectivity index (χ3n) is 3.43. The highest BCUT2D eigenvalue weighted by Crippen LogP contribution is 2.28. The highest BCUT2D eigenvalue weighted by molar-refractivity contribution is 7.98. The van der Waals surface area contributed by atoms with Crippen molar-refractivity contribution in [1.29, 1.82) is 0 Å². The maximum atomic E-state index is 12.2. The van der Waals surface area contributed by atoms with Gasteiger partial charge in [-0.05, 0) is 36.8 Å². The first-order chi connectivity index (χ1) is 12.5. The van der Waals surface area contributed by atoms with Crippen LogP contribution in [0.2, 0.25) is 5.02 Å². The lowest BCUT2D eigenvalue weighted by Crippen LogP contribution is -2.25. The Hall–Kier alpha value is -2.25. The largest absolute Gasteiger partial charge is 0.487 e. The van der Waals surface area contributed by atoms with Crippen molar-refractivity contribution in [3.63, 3.8) is 0 Å². The first-order valence-electron chi connectivity index (χ1n) is 8.03. The molecule has 0 saturated carbocycles. The Kier molecular flexibility index (Phi) is 7.74. The van der Waals surface area contributed by atoms with Crippen molar-refractivity contribution in [1.82, 2.24) is 5.32 Å². The summed E-state index contributed by atoms with van der Waals surface area (Å²) in [5.41, 5.74) is 1.19. The number of hydrogen-bond acceptors (Lipinski definition) is 5. The zero-order valence-corrected chi connectivity index (χ0v) is 15.8. The van der Waals surface area contributed by atoms with Crippen molar-refractivity contribution in [3.05, 3.63) is 68.7 Å². The minimum Gasteiger partial charge on any atom is -0.487 e. The van der Waals surface area contributed by atoms with Crippen molar-refractivity contribution < 1.29 is 14.5 Å². The second-order valence-electron chi connectivity index (χ2n) is 5.31. The van der Waals surface area contributed by atoms with E-state index >= 15 is 0 Å². The van der Waals surface area contributed by atoms with E-state index in [4.69, 9.17) is 16.3 Å². The second kappa shape index (κ2) is 10.0. The van der Waals surface area contributed by atoms with Crippen LogP contribution in [0.3, 0.4) is 0 Å². The van der Waals surface area contributed by atoms with Gasteiger partial charge in [0, 0.05) is 34.7 Å². The molecule has 0 aliphatic rings. The standard InChI is InChI=1S/C18H19ClN2O4S/c1-2-25-17-8-5-14(11-16(17)21(23)24)18(22)20-9-10-26-12-13-3-6-15(19)7-4-13/h3-8,11H,2,9-10,12H2,1H3,(H,20,22). The molecule has 1 N–H and O–H groups in total. The average Bonchev–Trinajstić information content (AvgIpc) is 2.63. The molecule has 6 nitrogen and oxygen atoms in total. The number of rotatable bonds is 9. The number of halogens is 1. The number of ether oxygens (including phenoxy) is 1. The van der Waals surface area contributed by atoms with Crippen molar-refractivity contribution in [2.75, 3.05) is 18.9 Å². The predicted molar refractivity (Wildman–Crippen MR) is 104 cm³/mol. The molecule has 2 aromatic carbocycles. The fraction of sp³-hybridized carbons (Fsp3) is 0.278. The first kappa shape index (κ1) is 20.1. The van der Waals surface area contributed by atoms with E-state index in [-0.39, 0.29) is 22.9 Å². The number of carbonyl (C=O) groups excluding carboxylic acids is 1. The number of amides is 1. The maximum Gasteiger partial charge on any atom is 0.311 e. The monoisotopic (exact) mass is 394 g/mol. The van der Waals surface area contributed by atoms with Gasteiger partial charge in [-0.1, -0.05) is 23.7 Å². The van der Waals surface area contributed by atoms with Crippen LogP contribution in [-0.4, -0.2) is 29.7 Å². The van der Waals surface area contributed by atoms with Gasteiger partial charge in [-0.3, -0.25) is 14.9 Å². The highest BCUT2D eigenvalue weighted by Gasteiger charge is 2.18. The molecule has 0 unspecified atom stereocenters. The van der Waals surface area contributed by atoms with E-state index in [9.17, 15) is 14.9 Å². The van der Waals surface area contributed by atoms with E-state index < -0.39 is 4.92 Å². The van der Waals surface area contributed by atoms with Crippen LogP contribution < -0.4 is 10.1 Å². The summed E-state index contributed by atoms with van der Waals surface area (Å²) >= 11 is 7.52. The highest BCUT2D eigenvalue weighted by atomic mass is 35.5. The van der Waals surface area contributed by atoms with Crippen LogP contribution in [0.1, 0.15) is 22.8 Å². The van der Waals surface area contributed by atoms with Crippen molar-refractivity contribution in [2.24, 2.45) is 0 Å². The fourth-order valence-electron chi connectivity index (χ4n) is 2.19. The third-order valence-corrected chi connectivity index (χ3v) is 4.71. The van der Waals surface area contributed by atoms with Crippen LogP contribution in [-0.2, 0) is 5.75 Å². The Balaban J connectivity index is 1.82. The summed E-state index contributed by atoms with van der Waals surface area (Å²) in [5, 5.41) is 14.6. The molecule has 0 spiro atoms. The molecule has 0 bridgehead atoms. The Morgan fingerprint density at radius 3 is 2.65 bits per heavy atom. The summed E-state index contributed by atoms with van der Waals surface area (Å²) < 4.78 is 5.21. The number of carbonyl (C=O) groups is 1. The lowest BCUT2D eigenvalue weighted by atomic mass is 10.1. The van der Waals surface area contributed by atoms with E-state index in [1.54, 1.807) is 18.7 Å². The van der Waals surface area contributed by atoms with E-state index in [0.29, 0.717) is 18.2 Å². The summed E-state index contributed by atoms with van der Waals surface area (Å²) in [6, 6.07) is 11.8. The van der Waals surface area contributed by atoms with Crippen LogP contribution in [0, 0.1) is 10.1 Å². The van der Waals surface area contributed by atoms with Crippen LogP contribution in [0.15, 0.2) is 42.5 Å². The van der Waals surface area contributed by atoms with Gasteiger partial charge in [-0.25, -0.2) is 0 Å². The van der Waals surface area contributed by atoms with E-state index in [2.05, 4.69) is 5.32 Å². The lowest BCUT2D eigenvalue weighted by molar-refractivity contribution is -0.385. The van der Waals surface area contributed by atoms with Gasteiger partial charge >= 0.3 is 5.69 Å². The SMILES string of the molecule is CCOc1ccc(C(=O)NCCSCc2ccc(Cl)cc2)cc1[N+](=O)[O-]. The number of nitro groups is 1. The molecule has 1 amide bonds. The Bertz CT molecular complexity index is 768. The molecule has 2 rings (SSSR count). The molecule has 8 heteroatoms. The van der Waals surface area contributed by atoms with Crippen LogP contribution >= 0.6 is 23.4 Å². The van der Waals surface area contributed by atoms with Gasteiger partial charge < -0.3 is 10.1 Å². The molecular formula is C18H19ClN2O4S. The molecule has 0 saturated heterocycles. The van der Waals surface area contributed by atoms with E-state index in [1.165, 1.54) is 18.2 Å². The summed E-state index contributed by atoms with van der Waals surface area (Å²) in [5.74, 6) is 1.37. The predicted octanol–water partition coefficient (Wildman–Crippen LogP) is 4.31. The van der Waals surface area contributed by atoms with Crippen molar-refractivity contribution in [3.8, 4) is 5.75 Å².